The smallest absolute Gasteiger partial charge is 0.119 e. The number of ether oxygens (including phenoxy) is 1. The number of unbranched alkanes of at least 4 members (excludes halogenated alkanes) is 4. The van der Waals surface area contributed by atoms with Gasteiger partial charge in [-0.1, -0.05) is 102 Å². The van der Waals surface area contributed by atoms with Crippen LogP contribution >= 0.6 is 0 Å². The van der Waals surface area contributed by atoms with Crippen LogP contribution in [0.5, 0.6) is 5.75 Å². The molecule has 0 heterocycles. The van der Waals surface area contributed by atoms with E-state index in [1.54, 1.807) is 0 Å². The van der Waals surface area contributed by atoms with Gasteiger partial charge in [0.15, 0.2) is 0 Å². The van der Waals surface area contributed by atoms with E-state index in [2.05, 4.69) is 62.4 Å². The predicted octanol–water partition coefficient (Wildman–Crippen LogP) is 10.9. The van der Waals surface area contributed by atoms with Gasteiger partial charge in [0.1, 0.15) is 12.4 Å². The Morgan fingerprint density at radius 3 is 1.72 bits per heavy atom. The third-order valence-corrected chi connectivity index (χ3v) is 8.90. The quantitative estimate of drug-likeness (QED) is 0.165. The number of allylic oxidation sites excluding steroid dienone is 3. The summed E-state index contributed by atoms with van der Waals surface area (Å²) in [7, 11) is 0. The zero-order valence-corrected chi connectivity index (χ0v) is 23.8. The Bertz CT molecular complexity index is 651. The fraction of sp³-hybridized carbons (Fsp3) is 0.714. The third-order valence-electron chi connectivity index (χ3n) is 8.90. The topological polar surface area (TPSA) is 9.23 Å². The van der Waals surface area contributed by atoms with Crippen LogP contribution in [0, 0.1) is 23.7 Å². The molecular weight excluding hydrogens is 436 g/mol. The van der Waals surface area contributed by atoms with Crippen LogP contribution in [0.2, 0.25) is 0 Å². The monoisotopic (exact) mass is 492 g/mol. The Kier molecular flexibility index (Phi) is 14.4. The summed E-state index contributed by atoms with van der Waals surface area (Å²) in [6.45, 7) is 5.31. The van der Waals surface area contributed by atoms with Crippen molar-refractivity contribution in [2.24, 2.45) is 23.7 Å². The van der Waals surface area contributed by atoms with E-state index in [1.807, 2.05) is 0 Å². The predicted molar refractivity (Wildman–Crippen MR) is 158 cm³/mol. The Morgan fingerprint density at radius 2 is 1.19 bits per heavy atom. The number of aryl methyl sites for hydroxylation is 1. The molecule has 0 unspecified atom stereocenters. The molecule has 1 aromatic carbocycles. The molecule has 0 radical (unpaired) electrons. The highest BCUT2D eigenvalue weighted by Crippen LogP contribution is 2.33. The van der Waals surface area contributed by atoms with Gasteiger partial charge in [0.05, 0.1) is 0 Å². The van der Waals surface area contributed by atoms with Crippen LogP contribution in [0.25, 0.3) is 0 Å². The molecule has 202 valence electrons. The lowest BCUT2D eigenvalue weighted by molar-refractivity contribution is 0.288. The summed E-state index contributed by atoms with van der Waals surface area (Å²) >= 11 is 0. The fourth-order valence-corrected chi connectivity index (χ4v) is 6.39. The molecule has 1 heteroatoms. The minimum atomic E-state index is 0.694. The maximum atomic E-state index is 5.98. The van der Waals surface area contributed by atoms with Gasteiger partial charge in [-0.05, 0) is 106 Å². The van der Waals surface area contributed by atoms with E-state index >= 15 is 0 Å². The van der Waals surface area contributed by atoms with Gasteiger partial charge in [-0.25, -0.2) is 0 Å². The number of rotatable bonds is 16. The second-order valence-corrected chi connectivity index (χ2v) is 11.9. The van der Waals surface area contributed by atoms with Crippen molar-refractivity contribution in [1.29, 1.82) is 0 Å². The van der Waals surface area contributed by atoms with Gasteiger partial charge in [0.2, 0.25) is 0 Å². The van der Waals surface area contributed by atoms with Crippen molar-refractivity contribution in [3.63, 3.8) is 0 Å². The summed E-state index contributed by atoms with van der Waals surface area (Å²) in [4.78, 5) is 0. The standard InChI is InChI=1S/C35H56O/c1-3-5-7-12-30-17-19-32(20-18-30)14-9-10-15-33-25-27-35(28-26-33)36-29-11-16-34-23-21-31(22-24-34)13-8-6-4-2/h9,11,14,16,25-28,30-32,34H,3-8,10,12-13,15,17-24,29H2,1-2H3. The molecule has 2 aliphatic carbocycles. The Balaban J connectivity index is 1.23. The van der Waals surface area contributed by atoms with Gasteiger partial charge >= 0.3 is 0 Å². The lowest BCUT2D eigenvalue weighted by Crippen LogP contribution is -2.13. The second-order valence-electron chi connectivity index (χ2n) is 11.9. The summed E-state index contributed by atoms with van der Waals surface area (Å²) < 4.78 is 5.98. The highest BCUT2D eigenvalue weighted by atomic mass is 16.5. The Morgan fingerprint density at radius 1 is 0.667 bits per heavy atom. The average Bonchev–Trinajstić information content (AvgIpc) is 2.92. The molecule has 1 nitrogen and oxygen atoms in total. The SMILES string of the molecule is CCCCCC1CCC(C=CCCc2ccc(OCC=CC3CCC(CCCCC)CC3)cc2)CC1. The van der Waals surface area contributed by atoms with Gasteiger partial charge in [-0.3, -0.25) is 0 Å². The van der Waals surface area contributed by atoms with E-state index in [9.17, 15) is 0 Å². The van der Waals surface area contributed by atoms with E-state index in [0.29, 0.717) is 6.61 Å². The van der Waals surface area contributed by atoms with Crippen molar-refractivity contribution in [2.45, 2.75) is 129 Å². The molecule has 0 spiro atoms. The zero-order chi connectivity index (χ0) is 25.3. The molecule has 0 aliphatic heterocycles. The van der Waals surface area contributed by atoms with E-state index in [4.69, 9.17) is 4.74 Å². The Labute approximate surface area is 224 Å². The van der Waals surface area contributed by atoms with Gasteiger partial charge in [0.25, 0.3) is 0 Å². The molecule has 0 atom stereocenters. The molecule has 1 aromatic rings. The molecular formula is C35H56O. The van der Waals surface area contributed by atoms with Gasteiger partial charge in [-0.2, -0.15) is 0 Å². The molecule has 0 N–H and O–H groups in total. The van der Waals surface area contributed by atoms with Crippen molar-refractivity contribution in [1.82, 2.24) is 0 Å². The molecule has 36 heavy (non-hydrogen) atoms. The summed E-state index contributed by atoms with van der Waals surface area (Å²) in [5.41, 5.74) is 1.41. The largest absolute Gasteiger partial charge is 0.490 e. The van der Waals surface area contributed by atoms with E-state index < -0.39 is 0 Å². The molecule has 3 rings (SSSR count). The van der Waals surface area contributed by atoms with Crippen molar-refractivity contribution < 1.29 is 4.74 Å². The van der Waals surface area contributed by atoms with Crippen LogP contribution < -0.4 is 4.74 Å². The van der Waals surface area contributed by atoms with Crippen molar-refractivity contribution >= 4 is 0 Å². The lowest BCUT2D eigenvalue weighted by Gasteiger charge is -2.26. The molecule has 0 aromatic heterocycles. The molecule has 2 saturated carbocycles. The summed E-state index contributed by atoms with van der Waals surface area (Å²) in [5.74, 6) is 4.60. The van der Waals surface area contributed by atoms with Crippen LogP contribution in [0.1, 0.15) is 129 Å². The van der Waals surface area contributed by atoms with E-state index in [1.165, 1.54) is 108 Å². The van der Waals surface area contributed by atoms with Gasteiger partial charge in [-0.15, -0.1) is 0 Å². The molecule has 0 bridgehead atoms. The first-order chi connectivity index (χ1) is 17.8. The average molecular weight is 493 g/mol. The summed E-state index contributed by atoms with van der Waals surface area (Å²) in [6, 6.07) is 8.78. The van der Waals surface area contributed by atoms with Crippen LogP contribution in [0.3, 0.4) is 0 Å². The fourth-order valence-electron chi connectivity index (χ4n) is 6.39. The zero-order valence-electron chi connectivity index (χ0n) is 23.8. The number of hydrogen-bond acceptors (Lipinski definition) is 1. The van der Waals surface area contributed by atoms with Crippen molar-refractivity contribution in [3.8, 4) is 5.75 Å². The van der Waals surface area contributed by atoms with Crippen LogP contribution in [-0.4, -0.2) is 6.61 Å². The second kappa shape index (κ2) is 17.9. The maximum absolute atomic E-state index is 5.98. The number of hydrogen-bond donors (Lipinski definition) is 0. The Hall–Kier alpha value is -1.50. The highest BCUT2D eigenvalue weighted by Gasteiger charge is 2.19. The lowest BCUT2D eigenvalue weighted by atomic mass is 9.79. The summed E-state index contributed by atoms with van der Waals surface area (Å²) in [6.07, 6.45) is 34.6. The minimum absolute atomic E-state index is 0.694. The first-order valence-electron chi connectivity index (χ1n) is 15.8. The molecule has 2 fully saturated rings. The number of benzene rings is 1. The van der Waals surface area contributed by atoms with E-state index in [0.717, 1.165) is 42.3 Å². The normalized spacial score (nSPS) is 25.1. The maximum Gasteiger partial charge on any atom is 0.119 e. The van der Waals surface area contributed by atoms with Gasteiger partial charge < -0.3 is 4.74 Å². The van der Waals surface area contributed by atoms with Gasteiger partial charge in [0, 0.05) is 0 Å². The molecule has 0 amide bonds. The first-order valence-corrected chi connectivity index (χ1v) is 15.8. The van der Waals surface area contributed by atoms with Crippen molar-refractivity contribution in [3.05, 3.63) is 54.1 Å². The molecule has 0 saturated heterocycles. The molecule has 2 aliphatic rings. The van der Waals surface area contributed by atoms with Crippen LogP contribution in [0.15, 0.2) is 48.6 Å². The van der Waals surface area contributed by atoms with Crippen LogP contribution in [-0.2, 0) is 6.42 Å². The third kappa shape index (κ3) is 11.7. The summed E-state index contributed by atoms with van der Waals surface area (Å²) in [5, 5.41) is 0. The first kappa shape index (κ1) is 29.1. The highest BCUT2D eigenvalue weighted by molar-refractivity contribution is 5.27. The van der Waals surface area contributed by atoms with Crippen LogP contribution in [0.4, 0.5) is 0 Å². The van der Waals surface area contributed by atoms with E-state index in [-0.39, 0.29) is 0 Å². The minimum Gasteiger partial charge on any atom is -0.490 e. The van der Waals surface area contributed by atoms with Crippen molar-refractivity contribution in [2.75, 3.05) is 6.61 Å².